The summed E-state index contributed by atoms with van der Waals surface area (Å²) in [7, 11) is 0. The Bertz CT molecular complexity index is 239. The molecule has 15 heavy (non-hydrogen) atoms. The summed E-state index contributed by atoms with van der Waals surface area (Å²) in [5, 5.41) is 5.11. The van der Waals surface area contributed by atoms with Crippen LogP contribution in [0.1, 0.15) is 32.6 Å². The molecule has 1 saturated carbocycles. The third kappa shape index (κ3) is 4.29. The van der Waals surface area contributed by atoms with E-state index in [2.05, 4.69) is 5.32 Å². The van der Waals surface area contributed by atoms with E-state index in [-0.39, 0.29) is 11.9 Å². The molecule has 4 N–H and O–H groups in total. The SMILES string of the molecule is CC(NCCC1CCC1)C(=O)NC(N)=O. The zero-order valence-electron chi connectivity index (χ0n) is 9.08. The quantitative estimate of drug-likeness (QED) is 0.616. The molecule has 86 valence electrons. The zero-order valence-corrected chi connectivity index (χ0v) is 9.08. The van der Waals surface area contributed by atoms with E-state index in [4.69, 9.17) is 5.73 Å². The van der Waals surface area contributed by atoms with Gasteiger partial charge in [-0.05, 0) is 25.8 Å². The predicted molar refractivity (Wildman–Crippen MR) is 57.1 cm³/mol. The molecule has 1 rings (SSSR count). The number of primary amides is 1. The van der Waals surface area contributed by atoms with Crippen LogP contribution in [0.5, 0.6) is 0 Å². The van der Waals surface area contributed by atoms with E-state index in [9.17, 15) is 9.59 Å². The molecule has 0 bridgehead atoms. The molecule has 5 heteroatoms. The van der Waals surface area contributed by atoms with E-state index in [0.717, 1.165) is 18.9 Å². The highest BCUT2D eigenvalue weighted by molar-refractivity contribution is 5.96. The molecule has 0 aromatic heterocycles. The van der Waals surface area contributed by atoms with Gasteiger partial charge in [0, 0.05) is 0 Å². The van der Waals surface area contributed by atoms with Gasteiger partial charge in [-0.25, -0.2) is 4.79 Å². The fourth-order valence-electron chi connectivity index (χ4n) is 1.61. The molecule has 3 amide bonds. The van der Waals surface area contributed by atoms with Gasteiger partial charge in [0.05, 0.1) is 6.04 Å². The second-order valence-corrected chi connectivity index (χ2v) is 4.11. The van der Waals surface area contributed by atoms with Gasteiger partial charge >= 0.3 is 6.03 Å². The molecule has 0 radical (unpaired) electrons. The Labute approximate surface area is 89.8 Å². The topological polar surface area (TPSA) is 84.2 Å². The number of nitrogens with one attached hydrogen (secondary N) is 2. The zero-order chi connectivity index (χ0) is 11.3. The summed E-state index contributed by atoms with van der Waals surface area (Å²) in [6, 6.07) is -1.16. The average Bonchev–Trinajstić information content (AvgIpc) is 2.07. The molecule has 0 aromatic carbocycles. The summed E-state index contributed by atoms with van der Waals surface area (Å²) in [6.07, 6.45) is 5.06. The van der Waals surface area contributed by atoms with Crippen LogP contribution >= 0.6 is 0 Å². The summed E-state index contributed by atoms with van der Waals surface area (Å²) >= 11 is 0. The largest absolute Gasteiger partial charge is 0.351 e. The summed E-state index contributed by atoms with van der Waals surface area (Å²) < 4.78 is 0. The van der Waals surface area contributed by atoms with Crippen LogP contribution in [0.25, 0.3) is 0 Å². The number of nitrogens with two attached hydrogens (primary N) is 1. The molecule has 1 unspecified atom stereocenters. The Morgan fingerprint density at radius 1 is 1.47 bits per heavy atom. The van der Waals surface area contributed by atoms with Crippen LogP contribution in [0.4, 0.5) is 4.79 Å². The predicted octanol–water partition coefficient (Wildman–Crippen LogP) is 0.350. The van der Waals surface area contributed by atoms with Crippen molar-refractivity contribution in [1.29, 1.82) is 0 Å². The van der Waals surface area contributed by atoms with Crippen LogP contribution in [-0.2, 0) is 4.79 Å². The number of hydrogen-bond acceptors (Lipinski definition) is 3. The Hall–Kier alpha value is -1.10. The first-order chi connectivity index (χ1) is 7.09. The molecule has 0 spiro atoms. The smallest absolute Gasteiger partial charge is 0.318 e. The van der Waals surface area contributed by atoms with Crippen LogP contribution in [0.3, 0.4) is 0 Å². The lowest BCUT2D eigenvalue weighted by molar-refractivity contribution is -0.121. The number of carbonyl (C=O) groups excluding carboxylic acids is 2. The maximum atomic E-state index is 11.2. The summed E-state index contributed by atoms with van der Waals surface area (Å²) in [6.45, 7) is 2.54. The minimum absolute atomic E-state index is 0.363. The van der Waals surface area contributed by atoms with Gasteiger partial charge in [-0.2, -0.15) is 0 Å². The van der Waals surface area contributed by atoms with E-state index >= 15 is 0 Å². The van der Waals surface area contributed by atoms with Gasteiger partial charge in [-0.15, -0.1) is 0 Å². The van der Waals surface area contributed by atoms with Gasteiger partial charge in [-0.1, -0.05) is 19.3 Å². The highest BCUT2D eigenvalue weighted by Gasteiger charge is 2.18. The van der Waals surface area contributed by atoms with Crippen LogP contribution in [0, 0.1) is 5.92 Å². The van der Waals surface area contributed by atoms with Crippen molar-refractivity contribution >= 4 is 11.9 Å². The Kier molecular flexibility index (Phi) is 4.55. The second-order valence-electron chi connectivity index (χ2n) is 4.11. The molecule has 0 heterocycles. The molecule has 1 atom stereocenters. The van der Waals surface area contributed by atoms with Gasteiger partial charge in [-0.3, -0.25) is 10.1 Å². The number of imide groups is 1. The fraction of sp³-hybridized carbons (Fsp3) is 0.800. The lowest BCUT2D eigenvalue weighted by Gasteiger charge is -2.25. The summed E-state index contributed by atoms with van der Waals surface area (Å²) in [5.74, 6) is 0.458. The van der Waals surface area contributed by atoms with Crippen LogP contribution in [0.2, 0.25) is 0 Å². The number of urea groups is 1. The molecule has 1 fully saturated rings. The van der Waals surface area contributed by atoms with Crippen molar-refractivity contribution in [2.75, 3.05) is 6.54 Å². The minimum Gasteiger partial charge on any atom is -0.351 e. The highest BCUT2D eigenvalue weighted by Crippen LogP contribution is 2.28. The van der Waals surface area contributed by atoms with Gasteiger partial charge in [0.25, 0.3) is 0 Å². The molecular weight excluding hydrogens is 194 g/mol. The first kappa shape index (κ1) is 12.0. The highest BCUT2D eigenvalue weighted by atomic mass is 16.2. The van der Waals surface area contributed by atoms with Gasteiger partial charge < -0.3 is 11.1 Å². The molecule has 1 aliphatic carbocycles. The number of rotatable bonds is 5. The maximum Gasteiger partial charge on any atom is 0.318 e. The third-order valence-electron chi connectivity index (χ3n) is 2.87. The average molecular weight is 213 g/mol. The Morgan fingerprint density at radius 3 is 2.60 bits per heavy atom. The minimum atomic E-state index is -0.798. The van der Waals surface area contributed by atoms with E-state index < -0.39 is 6.03 Å². The van der Waals surface area contributed by atoms with E-state index in [1.54, 1.807) is 6.92 Å². The van der Waals surface area contributed by atoms with Crippen molar-refractivity contribution in [3.63, 3.8) is 0 Å². The van der Waals surface area contributed by atoms with Crippen LogP contribution in [-0.4, -0.2) is 24.5 Å². The Morgan fingerprint density at radius 2 is 2.13 bits per heavy atom. The van der Waals surface area contributed by atoms with E-state index in [0.29, 0.717) is 0 Å². The summed E-state index contributed by atoms with van der Waals surface area (Å²) in [5.41, 5.74) is 4.84. The summed E-state index contributed by atoms with van der Waals surface area (Å²) in [4.78, 5) is 21.7. The van der Waals surface area contributed by atoms with Gasteiger partial charge in [0.15, 0.2) is 0 Å². The van der Waals surface area contributed by atoms with Gasteiger partial charge in [0.2, 0.25) is 5.91 Å². The van der Waals surface area contributed by atoms with Gasteiger partial charge in [0.1, 0.15) is 0 Å². The monoisotopic (exact) mass is 213 g/mol. The molecule has 5 nitrogen and oxygen atoms in total. The molecular formula is C10H19N3O2. The number of carbonyl (C=O) groups is 2. The maximum absolute atomic E-state index is 11.2. The van der Waals surface area contributed by atoms with Crippen molar-refractivity contribution in [2.45, 2.75) is 38.6 Å². The van der Waals surface area contributed by atoms with Crippen molar-refractivity contribution < 1.29 is 9.59 Å². The first-order valence-corrected chi connectivity index (χ1v) is 5.43. The third-order valence-corrected chi connectivity index (χ3v) is 2.87. The normalized spacial score (nSPS) is 17.9. The van der Waals surface area contributed by atoms with Crippen molar-refractivity contribution in [2.24, 2.45) is 11.7 Å². The Balaban J connectivity index is 2.08. The van der Waals surface area contributed by atoms with E-state index in [1.807, 2.05) is 5.32 Å². The number of hydrogen-bond donors (Lipinski definition) is 3. The van der Waals surface area contributed by atoms with Crippen LogP contribution in [0.15, 0.2) is 0 Å². The second kappa shape index (κ2) is 5.70. The lowest BCUT2D eigenvalue weighted by Crippen LogP contribution is -2.46. The fourth-order valence-corrected chi connectivity index (χ4v) is 1.61. The molecule has 1 aliphatic rings. The molecule has 0 saturated heterocycles. The van der Waals surface area contributed by atoms with E-state index in [1.165, 1.54) is 19.3 Å². The standard InChI is InChI=1S/C10H19N3O2/c1-7(9(14)13-10(11)15)12-6-5-8-3-2-4-8/h7-8,12H,2-6H2,1H3,(H3,11,13,14,15). The first-order valence-electron chi connectivity index (χ1n) is 5.43. The van der Waals surface area contributed by atoms with Crippen LogP contribution < -0.4 is 16.4 Å². The molecule has 0 aliphatic heterocycles. The van der Waals surface area contributed by atoms with Crippen molar-refractivity contribution in [1.82, 2.24) is 10.6 Å². The lowest BCUT2D eigenvalue weighted by atomic mass is 9.83. The molecule has 0 aromatic rings. The number of amides is 3. The van der Waals surface area contributed by atoms with Crippen molar-refractivity contribution in [3.8, 4) is 0 Å². The van der Waals surface area contributed by atoms with Crippen molar-refractivity contribution in [3.05, 3.63) is 0 Å².